The number of carbonyl (C=O) groups excluding carboxylic acids is 1. The number of carbonyl (C=O) groups is 1. The van der Waals surface area contributed by atoms with E-state index in [-0.39, 0.29) is 12.5 Å². The minimum absolute atomic E-state index is 0.0599. The highest BCUT2D eigenvalue weighted by molar-refractivity contribution is 5.92. The van der Waals surface area contributed by atoms with Gasteiger partial charge in [0.15, 0.2) is 6.61 Å². The number of nitrogens with zero attached hydrogens (tertiary/aromatic N) is 3. The Balaban J connectivity index is 1.31. The molecule has 8 nitrogen and oxygen atoms in total. The largest absolute Gasteiger partial charge is 0.484 e. The number of pyridine rings is 1. The summed E-state index contributed by atoms with van der Waals surface area (Å²) in [6.07, 6.45) is 3.22. The number of amides is 1. The number of ether oxygens (including phenoxy) is 1. The van der Waals surface area contributed by atoms with Crippen LogP contribution in [0.5, 0.6) is 5.75 Å². The number of rotatable bonds is 8. The maximum atomic E-state index is 12.2. The summed E-state index contributed by atoms with van der Waals surface area (Å²) in [6.45, 7) is 3.94. The minimum atomic E-state index is -0.229. The van der Waals surface area contributed by atoms with Crippen LogP contribution in [-0.4, -0.2) is 27.5 Å². The van der Waals surface area contributed by atoms with Crippen molar-refractivity contribution in [2.45, 2.75) is 13.8 Å². The van der Waals surface area contributed by atoms with Crippen LogP contribution in [0.2, 0.25) is 0 Å². The van der Waals surface area contributed by atoms with Crippen molar-refractivity contribution in [2.75, 3.05) is 22.6 Å². The molecule has 4 rings (SSSR count). The van der Waals surface area contributed by atoms with Gasteiger partial charge in [0.05, 0.1) is 0 Å². The highest BCUT2D eigenvalue weighted by atomic mass is 16.5. The molecule has 2 aromatic heterocycles. The van der Waals surface area contributed by atoms with E-state index in [0.29, 0.717) is 28.9 Å². The number of aromatic nitrogens is 3. The van der Waals surface area contributed by atoms with Crippen LogP contribution in [-0.2, 0) is 4.79 Å². The van der Waals surface area contributed by atoms with Crippen LogP contribution < -0.4 is 20.7 Å². The summed E-state index contributed by atoms with van der Waals surface area (Å²) in [5.74, 6) is 2.40. The van der Waals surface area contributed by atoms with Gasteiger partial charge in [-0.2, -0.15) is 0 Å². The fraction of sp³-hybridized carbons (Fsp3) is 0.120. The van der Waals surface area contributed by atoms with Crippen LogP contribution in [0.1, 0.15) is 11.1 Å². The molecule has 0 radical (unpaired) electrons. The standard InChI is InChI=1S/C25H24N6O2/c1-17-3-9-21(10-4-17)33-15-25(32)30-20-7-5-19(6-8-20)29-23-14-24(28-16-27-23)31-22-13-18(2)11-12-26-22/h3-14,16H,15H2,1-2H3,(H,30,32)(H2,26,27,28,29,31). The molecule has 0 aliphatic rings. The quantitative estimate of drug-likeness (QED) is 0.355. The molecule has 1 amide bonds. The van der Waals surface area contributed by atoms with E-state index < -0.39 is 0 Å². The van der Waals surface area contributed by atoms with Gasteiger partial charge in [-0.05, 0) is 67.9 Å². The summed E-state index contributed by atoms with van der Waals surface area (Å²) >= 11 is 0. The van der Waals surface area contributed by atoms with Gasteiger partial charge in [-0.15, -0.1) is 0 Å². The molecule has 166 valence electrons. The summed E-state index contributed by atoms with van der Waals surface area (Å²) in [7, 11) is 0. The Kier molecular flexibility index (Phi) is 6.75. The summed E-state index contributed by atoms with van der Waals surface area (Å²) < 4.78 is 5.51. The molecular formula is C25H24N6O2. The highest BCUT2D eigenvalue weighted by Crippen LogP contribution is 2.20. The predicted molar refractivity (Wildman–Crippen MR) is 129 cm³/mol. The summed E-state index contributed by atoms with van der Waals surface area (Å²) in [5.41, 5.74) is 3.74. The maximum Gasteiger partial charge on any atom is 0.262 e. The topological polar surface area (TPSA) is 101 Å². The van der Waals surface area contributed by atoms with Crippen molar-refractivity contribution in [1.29, 1.82) is 0 Å². The second-order valence-electron chi connectivity index (χ2n) is 7.48. The molecule has 3 N–H and O–H groups in total. The van der Waals surface area contributed by atoms with Gasteiger partial charge in [-0.3, -0.25) is 4.79 Å². The molecule has 4 aromatic rings. The number of aryl methyl sites for hydroxylation is 2. The van der Waals surface area contributed by atoms with E-state index in [0.717, 1.165) is 16.8 Å². The monoisotopic (exact) mass is 440 g/mol. The number of benzene rings is 2. The lowest BCUT2D eigenvalue weighted by atomic mass is 10.2. The molecule has 8 heteroatoms. The second kappa shape index (κ2) is 10.2. The van der Waals surface area contributed by atoms with Crippen molar-refractivity contribution < 1.29 is 9.53 Å². The first kappa shape index (κ1) is 21.8. The summed E-state index contributed by atoms with van der Waals surface area (Å²) in [6, 6.07) is 20.6. The third-order valence-corrected chi connectivity index (χ3v) is 4.67. The first-order valence-electron chi connectivity index (χ1n) is 10.4. The predicted octanol–water partition coefficient (Wildman–Crippen LogP) is 4.99. The van der Waals surface area contributed by atoms with E-state index in [1.807, 2.05) is 74.5 Å². The number of nitrogens with one attached hydrogen (secondary N) is 3. The smallest absolute Gasteiger partial charge is 0.262 e. The van der Waals surface area contributed by atoms with Crippen molar-refractivity contribution in [2.24, 2.45) is 0 Å². The van der Waals surface area contributed by atoms with Crippen molar-refractivity contribution >= 4 is 34.7 Å². The average Bonchev–Trinajstić information content (AvgIpc) is 2.80. The third kappa shape index (κ3) is 6.51. The fourth-order valence-electron chi connectivity index (χ4n) is 2.99. The van der Waals surface area contributed by atoms with Crippen LogP contribution in [0.25, 0.3) is 0 Å². The number of hydrogen-bond donors (Lipinski definition) is 3. The van der Waals surface area contributed by atoms with Gasteiger partial charge in [0.2, 0.25) is 0 Å². The van der Waals surface area contributed by atoms with Crippen molar-refractivity contribution in [3.63, 3.8) is 0 Å². The molecule has 0 fully saturated rings. The van der Waals surface area contributed by atoms with Crippen LogP contribution in [0, 0.1) is 13.8 Å². The third-order valence-electron chi connectivity index (χ3n) is 4.67. The van der Waals surface area contributed by atoms with Crippen LogP contribution in [0.15, 0.2) is 79.3 Å². The zero-order valence-electron chi connectivity index (χ0n) is 18.4. The molecule has 0 saturated heterocycles. The highest BCUT2D eigenvalue weighted by Gasteiger charge is 2.05. The molecule has 2 heterocycles. The SMILES string of the molecule is Cc1ccc(OCC(=O)Nc2ccc(Nc3cc(Nc4cc(C)ccn4)ncn3)cc2)cc1. The molecule has 2 aromatic carbocycles. The lowest BCUT2D eigenvalue weighted by molar-refractivity contribution is -0.118. The Hall–Kier alpha value is -4.46. The van der Waals surface area contributed by atoms with E-state index in [9.17, 15) is 4.79 Å². The average molecular weight is 441 g/mol. The first-order chi connectivity index (χ1) is 16.0. The van der Waals surface area contributed by atoms with Gasteiger partial charge in [0.25, 0.3) is 5.91 Å². The van der Waals surface area contributed by atoms with Crippen molar-refractivity contribution in [3.05, 3.63) is 90.4 Å². The molecule has 0 aliphatic carbocycles. The van der Waals surface area contributed by atoms with Crippen LogP contribution in [0.3, 0.4) is 0 Å². The zero-order chi connectivity index (χ0) is 23.0. The first-order valence-corrected chi connectivity index (χ1v) is 10.4. The minimum Gasteiger partial charge on any atom is -0.484 e. The number of hydrogen-bond acceptors (Lipinski definition) is 7. The van der Waals surface area contributed by atoms with Gasteiger partial charge in [0.1, 0.15) is 29.5 Å². The van der Waals surface area contributed by atoms with Crippen LogP contribution >= 0.6 is 0 Å². The van der Waals surface area contributed by atoms with E-state index >= 15 is 0 Å². The van der Waals surface area contributed by atoms with Crippen molar-refractivity contribution in [1.82, 2.24) is 15.0 Å². The molecule has 0 spiro atoms. The molecule has 0 aliphatic heterocycles. The Morgan fingerprint density at radius 3 is 2.15 bits per heavy atom. The van der Waals surface area contributed by atoms with Gasteiger partial charge in [-0.25, -0.2) is 15.0 Å². The van der Waals surface area contributed by atoms with Crippen molar-refractivity contribution in [3.8, 4) is 5.75 Å². The molecule has 0 atom stereocenters. The van der Waals surface area contributed by atoms with E-state index in [1.165, 1.54) is 6.33 Å². The zero-order valence-corrected chi connectivity index (χ0v) is 18.4. The normalized spacial score (nSPS) is 10.4. The van der Waals surface area contributed by atoms with Gasteiger partial charge < -0.3 is 20.7 Å². The van der Waals surface area contributed by atoms with E-state index in [1.54, 1.807) is 12.3 Å². The lowest BCUT2D eigenvalue weighted by Gasteiger charge is -2.10. The van der Waals surface area contributed by atoms with Gasteiger partial charge in [0, 0.05) is 23.6 Å². The van der Waals surface area contributed by atoms with Gasteiger partial charge >= 0.3 is 0 Å². The molecular weight excluding hydrogens is 416 g/mol. The molecule has 33 heavy (non-hydrogen) atoms. The number of anilines is 5. The van der Waals surface area contributed by atoms with E-state index in [2.05, 4.69) is 30.9 Å². The fourth-order valence-corrected chi connectivity index (χ4v) is 2.99. The Morgan fingerprint density at radius 1 is 0.758 bits per heavy atom. The summed E-state index contributed by atoms with van der Waals surface area (Å²) in [4.78, 5) is 24.9. The molecule has 0 unspecified atom stereocenters. The molecule has 0 bridgehead atoms. The van der Waals surface area contributed by atoms with Crippen LogP contribution in [0.4, 0.5) is 28.8 Å². The Morgan fingerprint density at radius 2 is 1.42 bits per heavy atom. The summed E-state index contributed by atoms with van der Waals surface area (Å²) in [5, 5.41) is 9.21. The molecule has 0 saturated carbocycles. The second-order valence-corrected chi connectivity index (χ2v) is 7.48. The van der Waals surface area contributed by atoms with Gasteiger partial charge in [-0.1, -0.05) is 17.7 Å². The van der Waals surface area contributed by atoms with E-state index in [4.69, 9.17) is 4.74 Å². The maximum absolute atomic E-state index is 12.2. The lowest BCUT2D eigenvalue weighted by Crippen LogP contribution is -2.20. The Bertz CT molecular complexity index is 1230. The Labute approximate surface area is 192 Å².